The zero-order chi connectivity index (χ0) is 20.2. The Hall–Kier alpha value is -2.64. The second-order valence-corrected chi connectivity index (χ2v) is 7.37. The van der Waals surface area contributed by atoms with Crippen molar-refractivity contribution >= 4 is 16.7 Å². The van der Waals surface area contributed by atoms with Crippen molar-refractivity contribution < 1.29 is 13.9 Å². The van der Waals surface area contributed by atoms with Gasteiger partial charge in [-0.3, -0.25) is 4.90 Å². The molecule has 0 aliphatic carbocycles. The van der Waals surface area contributed by atoms with Crippen LogP contribution in [0.1, 0.15) is 24.5 Å². The highest BCUT2D eigenvalue weighted by molar-refractivity contribution is 5.86. The second-order valence-electron chi connectivity index (χ2n) is 7.37. The van der Waals surface area contributed by atoms with Crippen LogP contribution in [-0.4, -0.2) is 52.7 Å². The van der Waals surface area contributed by atoms with Gasteiger partial charge >= 0.3 is 0 Å². The number of aliphatic hydroxyl groups is 1. The van der Waals surface area contributed by atoms with Gasteiger partial charge in [0.15, 0.2) is 5.82 Å². The van der Waals surface area contributed by atoms with Crippen LogP contribution in [0.3, 0.4) is 0 Å². The summed E-state index contributed by atoms with van der Waals surface area (Å²) in [6.45, 7) is 4.20. The molecule has 1 unspecified atom stereocenters. The number of nitrogens with zero attached hydrogens (tertiary/aromatic N) is 4. The summed E-state index contributed by atoms with van der Waals surface area (Å²) in [5.74, 6) is -0.135. The third-order valence-corrected chi connectivity index (χ3v) is 5.48. The molecule has 1 saturated heterocycles. The smallest absolute Gasteiger partial charge is 0.225 e. The second kappa shape index (κ2) is 8.80. The highest BCUT2D eigenvalue weighted by atomic mass is 19.1. The summed E-state index contributed by atoms with van der Waals surface area (Å²) in [7, 11) is 0. The summed E-state index contributed by atoms with van der Waals surface area (Å²) in [4.78, 5) is 12.5. The summed E-state index contributed by atoms with van der Waals surface area (Å²) in [5.41, 5.74) is 0.778. The van der Waals surface area contributed by atoms with Gasteiger partial charge < -0.3 is 10.0 Å². The molecular weight excluding hydrogens is 374 g/mol. The maximum atomic E-state index is 14.0. The maximum absolute atomic E-state index is 14.0. The van der Waals surface area contributed by atoms with E-state index in [0.29, 0.717) is 17.8 Å². The molecule has 152 valence electrons. The Kier molecular flexibility index (Phi) is 5.97. The number of hydrogen-bond donors (Lipinski definition) is 1. The molecule has 7 heteroatoms. The first kappa shape index (κ1) is 19.7. The van der Waals surface area contributed by atoms with E-state index in [-0.39, 0.29) is 5.82 Å². The molecule has 0 saturated carbocycles. The highest BCUT2D eigenvalue weighted by Crippen LogP contribution is 2.29. The average molecular weight is 398 g/mol. The standard InChI is InChI=1S/C22H24F2N4O/c23-16-14-25-22(26-15-16)28-12-10-27(11-13-28)9-3-6-21(29)19-7-8-20(24)18-5-2-1-4-17(18)19/h1-2,4-5,7-8,14-15,21,29H,3,6,9-13H2. The molecule has 4 rings (SSSR count). The third-order valence-electron chi connectivity index (χ3n) is 5.48. The molecule has 2 heterocycles. The third kappa shape index (κ3) is 4.52. The van der Waals surface area contributed by atoms with E-state index in [4.69, 9.17) is 0 Å². The molecular formula is C22H24F2N4O. The van der Waals surface area contributed by atoms with Gasteiger partial charge in [0.2, 0.25) is 5.95 Å². The monoisotopic (exact) mass is 398 g/mol. The van der Waals surface area contributed by atoms with Gasteiger partial charge in [0.25, 0.3) is 0 Å². The van der Waals surface area contributed by atoms with Gasteiger partial charge in [-0.1, -0.05) is 30.3 Å². The molecule has 1 N–H and O–H groups in total. The molecule has 29 heavy (non-hydrogen) atoms. The van der Waals surface area contributed by atoms with Gasteiger partial charge in [0.1, 0.15) is 5.82 Å². The Morgan fingerprint density at radius 1 is 0.931 bits per heavy atom. The number of halogens is 2. The largest absolute Gasteiger partial charge is 0.388 e. The van der Waals surface area contributed by atoms with E-state index < -0.39 is 11.9 Å². The first-order valence-electron chi connectivity index (χ1n) is 9.92. The van der Waals surface area contributed by atoms with Crippen molar-refractivity contribution in [2.75, 3.05) is 37.6 Å². The van der Waals surface area contributed by atoms with Crippen molar-refractivity contribution in [3.05, 3.63) is 66.0 Å². The summed E-state index contributed by atoms with van der Waals surface area (Å²) in [6.07, 6.45) is 3.23. The van der Waals surface area contributed by atoms with Crippen molar-refractivity contribution in [3.8, 4) is 0 Å². The predicted molar refractivity (Wildman–Crippen MR) is 109 cm³/mol. The quantitative estimate of drug-likeness (QED) is 0.688. The van der Waals surface area contributed by atoms with E-state index in [0.717, 1.165) is 50.1 Å². The van der Waals surface area contributed by atoms with Crippen LogP contribution < -0.4 is 4.90 Å². The zero-order valence-corrected chi connectivity index (χ0v) is 16.1. The van der Waals surface area contributed by atoms with Crippen molar-refractivity contribution in [2.24, 2.45) is 0 Å². The molecule has 0 spiro atoms. The number of hydrogen-bond acceptors (Lipinski definition) is 5. The Bertz CT molecular complexity index is 959. The molecule has 1 fully saturated rings. The molecule has 1 atom stereocenters. The molecule has 3 aromatic rings. The highest BCUT2D eigenvalue weighted by Gasteiger charge is 2.19. The van der Waals surface area contributed by atoms with Gasteiger partial charge in [0.05, 0.1) is 18.5 Å². The molecule has 1 aliphatic heterocycles. The first-order valence-corrected chi connectivity index (χ1v) is 9.92. The maximum Gasteiger partial charge on any atom is 0.225 e. The molecule has 2 aromatic carbocycles. The van der Waals surface area contributed by atoms with Crippen molar-refractivity contribution in [3.63, 3.8) is 0 Å². The fourth-order valence-electron chi connectivity index (χ4n) is 3.88. The molecule has 0 bridgehead atoms. The number of rotatable bonds is 6. The van der Waals surface area contributed by atoms with Crippen LogP contribution in [0.5, 0.6) is 0 Å². The van der Waals surface area contributed by atoms with Crippen molar-refractivity contribution in [1.82, 2.24) is 14.9 Å². The number of benzene rings is 2. The topological polar surface area (TPSA) is 52.5 Å². The molecule has 1 aromatic heterocycles. The Balaban J connectivity index is 1.28. The lowest BCUT2D eigenvalue weighted by Crippen LogP contribution is -2.47. The molecule has 0 radical (unpaired) electrons. The molecule has 0 amide bonds. The molecule has 5 nitrogen and oxygen atoms in total. The Morgan fingerprint density at radius 3 is 2.34 bits per heavy atom. The van der Waals surface area contributed by atoms with E-state index in [1.807, 2.05) is 12.1 Å². The lowest BCUT2D eigenvalue weighted by atomic mass is 9.97. The number of piperazine rings is 1. The average Bonchev–Trinajstić information content (AvgIpc) is 2.75. The minimum Gasteiger partial charge on any atom is -0.388 e. The number of fused-ring (bicyclic) bond motifs is 1. The lowest BCUT2D eigenvalue weighted by Gasteiger charge is -2.34. The van der Waals surface area contributed by atoms with Gasteiger partial charge in [-0.25, -0.2) is 18.7 Å². The van der Waals surface area contributed by atoms with Crippen molar-refractivity contribution in [1.29, 1.82) is 0 Å². The SMILES string of the molecule is OC(CCCN1CCN(c2ncc(F)cn2)CC1)c1ccc(F)c2ccccc12. The van der Waals surface area contributed by atoms with Crippen LogP contribution in [-0.2, 0) is 0 Å². The van der Waals surface area contributed by atoms with Gasteiger partial charge in [-0.15, -0.1) is 0 Å². The summed E-state index contributed by atoms with van der Waals surface area (Å²) in [6, 6.07) is 10.4. The Labute approximate surface area is 168 Å². The lowest BCUT2D eigenvalue weighted by molar-refractivity contribution is 0.155. The van der Waals surface area contributed by atoms with E-state index in [9.17, 15) is 13.9 Å². The van der Waals surface area contributed by atoms with E-state index >= 15 is 0 Å². The van der Waals surface area contributed by atoms with Crippen LogP contribution in [0.25, 0.3) is 10.8 Å². The fourth-order valence-corrected chi connectivity index (χ4v) is 3.88. The van der Waals surface area contributed by atoms with Gasteiger partial charge in [0, 0.05) is 31.6 Å². The summed E-state index contributed by atoms with van der Waals surface area (Å²) < 4.78 is 26.9. The Morgan fingerprint density at radius 2 is 1.62 bits per heavy atom. The molecule has 1 aliphatic rings. The van der Waals surface area contributed by atoms with Crippen LogP contribution in [0.2, 0.25) is 0 Å². The first-order chi connectivity index (χ1) is 14.1. The van der Waals surface area contributed by atoms with E-state index in [2.05, 4.69) is 19.8 Å². The summed E-state index contributed by atoms with van der Waals surface area (Å²) >= 11 is 0. The van der Waals surface area contributed by atoms with Gasteiger partial charge in [-0.05, 0) is 36.4 Å². The zero-order valence-electron chi connectivity index (χ0n) is 16.1. The minimum atomic E-state index is -0.616. The van der Waals surface area contributed by atoms with E-state index in [1.54, 1.807) is 18.2 Å². The number of aliphatic hydroxyl groups excluding tert-OH is 1. The van der Waals surface area contributed by atoms with Gasteiger partial charge in [-0.2, -0.15) is 0 Å². The predicted octanol–water partition coefficient (Wildman–Crippen LogP) is 3.54. The normalized spacial score (nSPS) is 16.3. The number of aromatic nitrogens is 2. The van der Waals surface area contributed by atoms with Crippen molar-refractivity contribution in [2.45, 2.75) is 18.9 Å². The van der Waals surface area contributed by atoms with Crippen LogP contribution >= 0.6 is 0 Å². The van der Waals surface area contributed by atoms with Crippen LogP contribution in [0.4, 0.5) is 14.7 Å². The fraction of sp³-hybridized carbons (Fsp3) is 0.364. The van der Waals surface area contributed by atoms with E-state index in [1.165, 1.54) is 18.5 Å². The number of anilines is 1. The minimum absolute atomic E-state index is 0.264. The van der Waals surface area contributed by atoms with Crippen LogP contribution in [0, 0.1) is 11.6 Å². The summed E-state index contributed by atoms with van der Waals surface area (Å²) in [5, 5.41) is 12.0. The van der Waals surface area contributed by atoms with Crippen LogP contribution in [0.15, 0.2) is 48.8 Å².